The second kappa shape index (κ2) is 22.9. The SMILES string of the molecule is N#Cc1nc(C2=CCCC=C2)c2c(-c3ccccc3)n(-c3cccc(-c4ccc(-c5cccc(-n6c(-c7ccccc7)c7c(-c8ccccc8)nc(C#N)c(-c8ccccc8)c7c6-c6ccccc6)c5)cc4)c3)c(-c3ccccc3)c2c1-c1ccccc1. The lowest BCUT2D eigenvalue weighted by Crippen LogP contribution is -2.00. The van der Waals surface area contributed by atoms with E-state index in [1.165, 1.54) is 0 Å². The van der Waals surface area contributed by atoms with Crippen LogP contribution in [0.2, 0.25) is 0 Å². The lowest BCUT2D eigenvalue weighted by molar-refractivity contribution is 1.04. The van der Waals surface area contributed by atoms with Crippen LogP contribution < -0.4 is 0 Å². The summed E-state index contributed by atoms with van der Waals surface area (Å²) in [4.78, 5) is 10.7. The van der Waals surface area contributed by atoms with Gasteiger partial charge in [0.2, 0.25) is 0 Å². The van der Waals surface area contributed by atoms with Crippen molar-refractivity contribution in [2.24, 2.45) is 0 Å². The number of nitrogens with zero attached hydrogens (tertiary/aromatic N) is 6. The lowest BCUT2D eigenvalue weighted by atomic mass is 9.91. The van der Waals surface area contributed by atoms with Crippen LogP contribution >= 0.6 is 0 Å². The number of hydrogen-bond donors (Lipinski definition) is 0. The van der Waals surface area contributed by atoms with Crippen molar-refractivity contribution >= 4 is 27.1 Å². The van der Waals surface area contributed by atoms with E-state index in [0.717, 1.165) is 158 Å². The first-order valence-corrected chi connectivity index (χ1v) is 29.7. The highest BCUT2D eigenvalue weighted by atomic mass is 15.0. The first kappa shape index (κ1) is 52.8. The summed E-state index contributed by atoms with van der Waals surface area (Å²) in [5.41, 5.74) is 21.9. The zero-order chi connectivity index (χ0) is 58.9. The van der Waals surface area contributed by atoms with E-state index in [1.54, 1.807) is 0 Å². The smallest absolute Gasteiger partial charge is 0.149 e. The summed E-state index contributed by atoms with van der Waals surface area (Å²) in [6.07, 6.45) is 8.49. The van der Waals surface area contributed by atoms with Crippen molar-refractivity contribution in [1.29, 1.82) is 10.5 Å². The van der Waals surface area contributed by atoms with Crippen LogP contribution in [0.4, 0.5) is 0 Å². The molecule has 0 amide bonds. The third-order valence-corrected chi connectivity index (χ3v) is 16.8. The molecule has 0 saturated heterocycles. The number of hydrogen-bond acceptors (Lipinski definition) is 4. The Balaban J connectivity index is 0.923. The summed E-state index contributed by atoms with van der Waals surface area (Å²) in [5, 5.41) is 26.1. The molecule has 0 unspecified atom stereocenters. The molecule has 0 aliphatic heterocycles. The van der Waals surface area contributed by atoms with Crippen LogP contribution in [-0.2, 0) is 0 Å². The minimum absolute atomic E-state index is 0.365. The molecule has 88 heavy (non-hydrogen) atoms. The quantitative estimate of drug-likeness (QED) is 0.122. The van der Waals surface area contributed by atoms with Crippen LogP contribution in [0.5, 0.6) is 0 Å². The highest BCUT2D eigenvalue weighted by molar-refractivity contribution is 6.20. The van der Waals surface area contributed by atoms with Gasteiger partial charge in [-0.2, -0.15) is 10.5 Å². The largest absolute Gasteiger partial charge is 0.308 e. The molecule has 0 spiro atoms. The van der Waals surface area contributed by atoms with Gasteiger partial charge in [0.25, 0.3) is 0 Å². The number of aromatic nitrogens is 4. The standard InChI is InChI=1S/C82H54N6/c83-53-69-71(57-27-9-1-10-28-57)73-75(77(85-69)59-31-13-3-14-32-59)81(63-39-21-7-22-40-63)87(79(73)61-35-17-5-18-36-61)67-45-25-43-65(51-67)55-47-49-56(50-48-55)66-44-26-46-68(52-66)88-80(62-37-19-6-20-38-62)74-72(58-29-11-2-12-30-58)70(54-84)86-78(60-33-15-4-16-34-60)76(74)82(88)64-41-23-8-24-42-64/h1-3,5-15,17-52H,4,16H2. The molecule has 15 rings (SSSR count). The molecule has 6 heteroatoms. The summed E-state index contributed by atoms with van der Waals surface area (Å²) in [6.45, 7) is 0. The number of allylic oxidation sites excluding steroid dienone is 4. The Morgan fingerprint density at radius 1 is 0.295 bits per heavy atom. The number of rotatable bonds is 12. The molecule has 6 nitrogen and oxygen atoms in total. The monoisotopic (exact) mass is 1120 g/mol. The van der Waals surface area contributed by atoms with Crippen LogP contribution in [-0.4, -0.2) is 19.1 Å². The van der Waals surface area contributed by atoms with Gasteiger partial charge in [0.05, 0.1) is 34.2 Å². The predicted octanol–water partition coefficient (Wildman–Crippen LogP) is 20.8. The van der Waals surface area contributed by atoms with E-state index >= 15 is 0 Å². The van der Waals surface area contributed by atoms with Gasteiger partial charge in [0.15, 0.2) is 0 Å². The number of nitriles is 2. The maximum absolute atomic E-state index is 11.1. The van der Waals surface area contributed by atoms with E-state index < -0.39 is 0 Å². The van der Waals surface area contributed by atoms with Crippen molar-refractivity contribution in [2.75, 3.05) is 0 Å². The van der Waals surface area contributed by atoms with Crippen molar-refractivity contribution in [3.8, 4) is 124 Å². The topological polar surface area (TPSA) is 83.2 Å². The van der Waals surface area contributed by atoms with Crippen molar-refractivity contribution in [3.63, 3.8) is 0 Å². The molecule has 0 radical (unpaired) electrons. The fourth-order valence-corrected chi connectivity index (χ4v) is 13.0. The Morgan fingerprint density at radius 2 is 0.625 bits per heavy atom. The fourth-order valence-electron chi connectivity index (χ4n) is 13.0. The van der Waals surface area contributed by atoms with Crippen molar-refractivity contribution < 1.29 is 0 Å². The lowest BCUT2D eigenvalue weighted by Gasteiger charge is -2.17. The molecule has 0 fully saturated rings. The van der Waals surface area contributed by atoms with Crippen LogP contribution in [0, 0.1) is 22.7 Å². The Labute approximate surface area is 511 Å². The third kappa shape index (κ3) is 9.30. The second-order valence-electron chi connectivity index (χ2n) is 22.0. The normalized spacial score (nSPS) is 12.0. The second-order valence-corrected chi connectivity index (χ2v) is 22.0. The summed E-state index contributed by atoms with van der Waals surface area (Å²) >= 11 is 0. The Bertz CT molecular complexity index is 5090. The van der Waals surface area contributed by atoms with E-state index in [1.807, 2.05) is 54.6 Å². The third-order valence-electron chi connectivity index (χ3n) is 16.8. The van der Waals surface area contributed by atoms with Gasteiger partial charge in [-0.05, 0) is 98.3 Å². The van der Waals surface area contributed by atoms with Gasteiger partial charge in [-0.15, -0.1) is 0 Å². The van der Waals surface area contributed by atoms with Gasteiger partial charge in [0, 0.05) is 49.6 Å². The molecular formula is C82H54N6. The molecule has 1 aliphatic rings. The molecule has 0 saturated carbocycles. The summed E-state index contributed by atoms with van der Waals surface area (Å²) in [7, 11) is 0. The minimum Gasteiger partial charge on any atom is -0.308 e. The molecular weight excluding hydrogens is 1070 g/mol. The Kier molecular flexibility index (Phi) is 13.7. The number of benzene rings is 10. The molecule has 0 atom stereocenters. The maximum atomic E-state index is 11.1. The van der Waals surface area contributed by atoms with Gasteiger partial charge in [-0.25, -0.2) is 9.97 Å². The Morgan fingerprint density at radius 3 is 0.989 bits per heavy atom. The molecule has 0 N–H and O–H groups in total. The molecule has 14 aromatic rings. The average Bonchev–Trinajstić information content (AvgIpc) is 1.58. The van der Waals surface area contributed by atoms with Crippen LogP contribution in [0.3, 0.4) is 0 Å². The molecule has 4 aromatic heterocycles. The van der Waals surface area contributed by atoms with Crippen molar-refractivity contribution in [1.82, 2.24) is 19.1 Å². The van der Waals surface area contributed by atoms with Crippen molar-refractivity contribution in [2.45, 2.75) is 12.8 Å². The molecule has 4 heterocycles. The Hall–Kier alpha value is -12.0. The van der Waals surface area contributed by atoms with Crippen LogP contribution in [0.15, 0.2) is 303 Å². The van der Waals surface area contributed by atoms with Crippen LogP contribution in [0.1, 0.15) is 29.9 Å². The molecule has 10 aromatic carbocycles. The summed E-state index contributed by atoms with van der Waals surface area (Å²) in [5.74, 6) is 0. The predicted molar refractivity (Wildman–Crippen MR) is 360 cm³/mol. The van der Waals surface area contributed by atoms with E-state index in [4.69, 9.17) is 9.97 Å². The van der Waals surface area contributed by atoms with Gasteiger partial charge in [-0.1, -0.05) is 279 Å². The van der Waals surface area contributed by atoms with Crippen molar-refractivity contribution in [3.05, 3.63) is 320 Å². The minimum atomic E-state index is 0.365. The number of fused-ring (bicyclic) bond motifs is 2. The summed E-state index contributed by atoms with van der Waals surface area (Å²) < 4.78 is 4.80. The zero-order valence-corrected chi connectivity index (χ0v) is 48.0. The molecule has 1 aliphatic carbocycles. The van der Waals surface area contributed by atoms with Gasteiger partial charge in [0.1, 0.15) is 23.5 Å². The first-order chi connectivity index (χ1) is 43.6. The van der Waals surface area contributed by atoms with Crippen LogP contribution in [0.25, 0.3) is 139 Å². The average molecular weight is 1120 g/mol. The number of pyridine rings is 2. The zero-order valence-electron chi connectivity index (χ0n) is 48.0. The highest BCUT2D eigenvalue weighted by Crippen LogP contribution is 2.52. The van der Waals surface area contributed by atoms with Gasteiger partial charge >= 0.3 is 0 Å². The van der Waals surface area contributed by atoms with E-state index in [-0.39, 0.29) is 0 Å². The molecule has 412 valence electrons. The van der Waals surface area contributed by atoms with E-state index in [9.17, 15) is 10.5 Å². The first-order valence-electron chi connectivity index (χ1n) is 29.7. The summed E-state index contributed by atoms with van der Waals surface area (Å²) in [6, 6.07) is 105. The molecule has 0 bridgehead atoms. The van der Waals surface area contributed by atoms with Gasteiger partial charge in [-0.3, -0.25) is 0 Å². The van der Waals surface area contributed by atoms with E-state index in [0.29, 0.717) is 11.4 Å². The van der Waals surface area contributed by atoms with E-state index in [2.05, 4.69) is 270 Å². The fraction of sp³-hybridized carbons (Fsp3) is 0.0244. The highest BCUT2D eigenvalue weighted by Gasteiger charge is 2.32. The maximum Gasteiger partial charge on any atom is 0.149 e. The van der Waals surface area contributed by atoms with Gasteiger partial charge < -0.3 is 9.13 Å².